The summed E-state index contributed by atoms with van der Waals surface area (Å²) in [7, 11) is 0. The zero-order valence-electron chi connectivity index (χ0n) is 17.5. The van der Waals surface area contributed by atoms with E-state index in [-0.39, 0.29) is 25.5 Å². The first-order valence-electron chi connectivity index (χ1n) is 9.85. The summed E-state index contributed by atoms with van der Waals surface area (Å²) in [5.41, 5.74) is -0.378. The van der Waals surface area contributed by atoms with Crippen molar-refractivity contribution in [2.75, 3.05) is 18.5 Å². The van der Waals surface area contributed by atoms with Gasteiger partial charge in [0.25, 0.3) is 0 Å². The number of halogens is 4. The lowest BCUT2D eigenvalue weighted by Gasteiger charge is -2.25. The highest BCUT2D eigenvalue weighted by Crippen LogP contribution is 2.30. The monoisotopic (exact) mass is 482 g/mol. The average Bonchev–Trinajstić information content (AvgIpc) is 3.23. The Labute approximate surface area is 192 Å². The molecule has 0 unspecified atom stereocenters. The lowest BCUT2D eigenvalue weighted by atomic mass is 9.84. The Morgan fingerprint density at radius 3 is 2.33 bits per heavy atom. The number of anilines is 1. The lowest BCUT2D eigenvalue weighted by molar-refractivity contribution is -0.141. The molecule has 0 spiro atoms. The first kappa shape index (κ1) is 24.6. The molecule has 176 valence electrons. The van der Waals surface area contributed by atoms with E-state index in [2.05, 4.69) is 15.7 Å². The molecule has 0 atom stereocenters. The molecule has 0 bridgehead atoms. The minimum absolute atomic E-state index is 0.108. The van der Waals surface area contributed by atoms with Crippen LogP contribution in [0.15, 0.2) is 54.6 Å². The molecule has 0 radical (unpaired) electrons. The fraction of sp³-hybridized carbons (Fsp3) is 0.273. The smallest absolute Gasteiger partial charge is 0.395 e. The molecule has 0 fully saturated rings. The van der Waals surface area contributed by atoms with E-state index in [1.54, 1.807) is 49.4 Å². The summed E-state index contributed by atoms with van der Waals surface area (Å²) in [5, 5.41) is 28.0. The van der Waals surface area contributed by atoms with Gasteiger partial charge >= 0.3 is 12.2 Å². The number of nitrogens with zero attached hydrogens (tertiary/aromatic N) is 2. The summed E-state index contributed by atoms with van der Waals surface area (Å²) in [4.78, 5) is 12.3. The maximum atomic E-state index is 13.2. The minimum atomic E-state index is -4.65. The molecule has 2 amide bonds. The van der Waals surface area contributed by atoms with E-state index in [1.807, 2.05) is 0 Å². The van der Waals surface area contributed by atoms with Gasteiger partial charge in [0, 0.05) is 16.1 Å². The van der Waals surface area contributed by atoms with Crippen LogP contribution < -0.4 is 10.6 Å². The van der Waals surface area contributed by atoms with Crippen LogP contribution in [0, 0.1) is 0 Å². The number of carbonyl (C=O) groups is 1. The second kappa shape index (κ2) is 9.82. The van der Waals surface area contributed by atoms with Gasteiger partial charge in [0.05, 0.1) is 31.1 Å². The standard InChI is InChI=1S/C22H22ClF3N4O3/c1-21(12-31,13-32)14-5-7-16(8-6-14)28-20(33)27-11-18-10-19(22(24,25)26)29-30(18)17-4-2-3-15(23)9-17/h2-10,31-32H,11-13H2,1H3,(H2,27,28,33). The summed E-state index contributed by atoms with van der Waals surface area (Å²) < 4.78 is 40.7. The highest BCUT2D eigenvalue weighted by molar-refractivity contribution is 6.30. The topological polar surface area (TPSA) is 99.4 Å². The van der Waals surface area contributed by atoms with Crippen LogP contribution >= 0.6 is 11.6 Å². The van der Waals surface area contributed by atoms with Crippen molar-refractivity contribution in [3.63, 3.8) is 0 Å². The Morgan fingerprint density at radius 2 is 1.76 bits per heavy atom. The molecule has 2 aromatic carbocycles. The highest BCUT2D eigenvalue weighted by atomic mass is 35.5. The van der Waals surface area contributed by atoms with Crippen molar-refractivity contribution in [2.45, 2.75) is 25.1 Å². The normalized spacial score (nSPS) is 12.0. The van der Waals surface area contributed by atoms with Gasteiger partial charge in [-0.2, -0.15) is 18.3 Å². The molecule has 3 rings (SSSR count). The van der Waals surface area contributed by atoms with E-state index in [1.165, 1.54) is 6.07 Å². The minimum Gasteiger partial charge on any atom is -0.395 e. The van der Waals surface area contributed by atoms with Gasteiger partial charge in [-0.15, -0.1) is 0 Å². The quantitative estimate of drug-likeness (QED) is 0.407. The first-order chi connectivity index (χ1) is 15.6. The number of aromatic nitrogens is 2. The summed E-state index contributed by atoms with van der Waals surface area (Å²) >= 11 is 5.95. The number of carbonyl (C=O) groups excluding carboxylic acids is 1. The first-order valence-corrected chi connectivity index (χ1v) is 10.2. The van der Waals surface area contributed by atoms with Crippen molar-refractivity contribution in [3.8, 4) is 5.69 Å². The molecular weight excluding hydrogens is 461 g/mol. The van der Waals surface area contributed by atoms with Gasteiger partial charge in [0.15, 0.2) is 5.69 Å². The molecule has 0 saturated heterocycles. The van der Waals surface area contributed by atoms with E-state index in [9.17, 15) is 28.2 Å². The molecule has 0 aliphatic carbocycles. The number of benzene rings is 2. The maximum Gasteiger partial charge on any atom is 0.435 e. The van der Waals surface area contributed by atoms with Crippen molar-refractivity contribution in [2.24, 2.45) is 0 Å². The predicted molar refractivity (Wildman–Crippen MR) is 117 cm³/mol. The molecule has 0 aliphatic heterocycles. The van der Waals surface area contributed by atoms with Crippen LogP contribution in [0.1, 0.15) is 23.9 Å². The van der Waals surface area contributed by atoms with Crippen LogP contribution in [0.5, 0.6) is 0 Å². The number of nitrogens with one attached hydrogen (secondary N) is 2. The molecule has 11 heteroatoms. The zero-order valence-corrected chi connectivity index (χ0v) is 18.3. The Bertz CT molecular complexity index is 1110. The Morgan fingerprint density at radius 1 is 1.09 bits per heavy atom. The fourth-order valence-electron chi connectivity index (χ4n) is 3.05. The second-order valence-electron chi connectivity index (χ2n) is 7.67. The van der Waals surface area contributed by atoms with Crippen molar-refractivity contribution >= 4 is 23.3 Å². The number of hydrogen-bond donors (Lipinski definition) is 4. The number of amides is 2. The van der Waals surface area contributed by atoms with Crippen LogP contribution in [0.25, 0.3) is 5.69 Å². The van der Waals surface area contributed by atoms with Crippen LogP contribution in [-0.4, -0.2) is 39.2 Å². The van der Waals surface area contributed by atoms with Gasteiger partial charge in [-0.25, -0.2) is 9.48 Å². The predicted octanol–water partition coefficient (Wildman–Crippen LogP) is 4.11. The van der Waals surface area contributed by atoms with E-state index >= 15 is 0 Å². The third-order valence-electron chi connectivity index (χ3n) is 5.09. The Kier molecular flexibility index (Phi) is 7.31. The van der Waals surface area contributed by atoms with E-state index in [0.717, 1.165) is 10.7 Å². The van der Waals surface area contributed by atoms with E-state index < -0.39 is 23.3 Å². The summed E-state index contributed by atoms with van der Waals surface area (Å²) in [6, 6.07) is 12.9. The summed E-state index contributed by atoms with van der Waals surface area (Å²) in [5.74, 6) is 0. The highest BCUT2D eigenvalue weighted by Gasteiger charge is 2.35. The summed E-state index contributed by atoms with van der Waals surface area (Å²) in [6.45, 7) is 0.959. The number of urea groups is 1. The fourth-order valence-corrected chi connectivity index (χ4v) is 3.23. The van der Waals surface area contributed by atoms with Crippen molar-refractivity contribution in [1.29, 1.82) is 0 Å². The Hall–Kier alpha value is -3.08. The average molecular weight is 483 g/mol. The largest absolute Gasteiger partial charge is 0.435 e. The molecule has 1 aromatic heterocycles. The van der Waals surface area contributed by atoms with Gasteiger partial charge < -0.3 is 20.8 Å². The number of aliphatic hydroxyl groups excluding tert-OH is 2. The van der Waals surface area contributed by atoms with Crippen molar-refractivity contribution in [1.82, 2.24) is 15.1 Å². The van der Waals surface area contributed by atoms with Gasteiger partial charge in [-0.05, 0) is 42.0 Å². The SMILES string of the molecule is CC(CO)(CO)c1ccc(NC(=O)NCc2cc(C(F)(F)F)nn2-c2cccc(Cl)c2)cc1. The molecule has 3 aromatic rings. The molecule has 0 saturated carbocycles. The summed E-state index contributed by atoms with van der Waals surface area (Å²) in [6.07, 6.45) is -4.65. The molecule has 7 nitrogen and oxygen atoms in total. The van der Waals surface area contributed by atoms with Crippen molar-refractivity contribution < 1.29 is 28.2 Å². The molecule has 4 N–H and O–H groups in total. The molecule has 1 heterocycles. The van der Waals surface area contributed by atoms with Gasteiger partial charge in [0.2, 0.25) is 0 Å². The van der Waals surface area contributed by atoms with Gasteiger partial charge in [-0.3, -0.25) is 0 Å². The van der Waals surface area contributed by atoms with Crippen LogP contribution in [0.4, 0.5) is 23.7 Å². The molecular formula is C22H22ClF3N4O3. The number of alkyl halides is 3. The molecule has 0 aliphatic rings. The van der Waals surface area contributed by atoms with Crippen LogP contribution in [0.2, 0.25) is 5.02 Å². The third kappa shape index (κ3) is 5.84. The second-order valence-corrected chi connectivity index (χ2v) is 8.11. The number of rotatable bonds is 7. The maximum absolute atomic E-state index is 13.2. The lowest BCUT2D eigenvalue weighted by Crippen LogP contribution is -2.31. The van der Waals surface area contributed by atoms with E-state index in [0.29, 0.717) is 22.0 Å². The number of hydrogen-bond acceptors (Lipinski definition) is 4. The van der Waals surface area contributed by atoms with Crippen molar-refractivity contribution in [3.05, 3.63) is 76.6 Å². The third-order valence-corrected chi connectivity index (χ3v) is 5.33. The van der Waals surface area contributed by atoms with Gasteiger partial charge in [0.1, 0.15) is 0 Å². The molecule has 33 heavy (non-hydrogen) atoms. The number of aliphatic hydroxyl groups is 2. The zero-order chi connectivity index (χ0) is 24.2. The van der Waals surface area contributed by atoms with E-state index in [4.69, 9.17) is 11.6 Å². The van der Waals surface area contributed by atoms with Gasteiger partial charge in [-0.1, -0.05) is 36.7 Å². The van der Waals surface area contributed by atoms with Crippen LogP contribution in [0.3, 0.4) is 0 Å². The Balaban J connectivity index is 1.73. The van der Waals surface area contributed by atoms with Crippen LogP contribution in [-0.2, 0) is 18.1 Å².